The van der Waals surface area contributed by atoms with E-state index in [2.05, 4.69) is 67.2 Å². The topological polar surface area (TPSA) is 54.8 Å². The van der Waals surface area contributed by atoms with Crippen LogP contribution in [0.4, 0.5) is 0 Å². The van der Waals surface area contributed by atoms with E-state index in [1.807, 2.05) is 41.9 Å². The van der Waals surface area contributed by atoms with Crippen molar-refractivity contribution in [2.45, 2.75) is 19.5 Å². The van der Waals surface area contributed by atoms with Crippen molar-refractivity contribution in [3.05, 3.63) is 87.7 Å². The molecule has 4 rings (SSSR count). The van der Waals surface area contributed by atoms with Gasteiger partial charge in [-0.2, -0.15) is 0 Å². The lowest BCUT2D eigenvalue weighted by molar-refractivity contribution is 0.633. The van der Waals surface area contributed by atoms with Crippen molar-refractivity contribution in [2.24, 2.45) is 0 Å². The van der Waals surface area contributed by atoms with Crippen LogP contribution in [0.3, 0.4) is 0 Å². The third kappa shape index (κ3) is 3.94. The summed E-state index contributed by atoms with van der Waals surface area (Å²) < 4.78 is 2.96. The molecule has 0 bridgehead atoms. The minimum Gasteiger partial charge on any atom is -0.352 e. The molecule has 136 valence electrons. The Bertz CT molecular complexity index is 995. The molecule has 27 heavy (non-hydrogen) atoms. The zero-order valence-electron chi connectivity index (χ0n) is 14.7. The number of halogens is 1. The molecule has 0 aliphatic carbocycles. The Morgan fingerprint density at radius 2 is 1.85 bits per heavy atom. The molecule has 1 aliphatic heterocycles. The van der Waals surface area contributed by atoms with Gasteiger partial charge in [-0.15, -0.1) is 5.10 Å². The van der Waals surface area contributed by atoms with Gasteiger partial charge in [0.1, 0.15) is 5.69 Å². The Hall–Kier alpha value is -2.51. The minimum absolute atomic E-state index is 0.0134. The van der Waals surface area contributed by atoms with E-state index in [0.29, 0.717) is 11.7 Å². The van der Waals surface area contributed by atoms with Gasteiger partial charge in [0.05, 0.1) is 24.0 Å². The average Bonchev–Trinajstić information content (AvgIpc) is 3.03. The number of hydrogen-bond acceptors (Lipinski definition) is 3. The first kappa shape index (κ1) is 17.9. The van der Waals surface area contributed by atoms with E-state index in [-0.39, 0.29) is 6.04 Å². The molecule has 7 heteroatoms. The Morgan fingerprint density at radius 1 is 1.11 bits per heavy atom. The number of thiocarbonyl (C=S) groups is 1. The fraction of sp³-hybridized carbons (Fsp3) is 0.150. The molecule has 0 saturated heterocycles. The quantitative estimate of drug-likeness (QED) is 0.602. The highest BCUT2D eigenvalue weighted by molar-refractivity contribution is 9.10. The molecule has 5 nitrogen and oxygen atoms in total. The van der Waals surface area contributed by atoms with Crippen LogP contribution in [0.15, 0.2) is 65.1 Å². The van der Waals surface area contributed by atoms with Crippen molar-refractivity contribution >= 4 is 39.0 Å². The Morgan fingerprint density at radius 3 is 2.59 bits per heavy atom. The van der Waals surface area contributed by atoms with Crippen LogP contribution in [-0.4, -0.2) is 20.1 Å². The van der Waals surface area contributed by atoms with Crippen LogP contribution in [-0.2, 0) is 6.54 Å². The first-order valence-corrected chi connectivity index (χ1v) is 9.79. The summed E-state index contributed by atoms with van der Waals surface area (Å²) >= 11 is 8.89. The Balaban J connectivity index is 1.63. The number of hydrogen-bond donors (Lipinski definition) is 2. The molecule has 2 heterocycles. The molecule has 0 fully saturated rings. The molecule has 0 radical (unpaired) electrons. The smallest absolute Gasteiger partial charge is 0.171 e. The zero-order valence-corrected chi connectivity index (χ0v) is 17.1. The molecule has 1 aromatic heterocycles. The first-order chi connectivity index (χ1) is 13.1. The van der Waals surface area contributed by atoms with E-state index >= 15 is 0 Å². The standard InChI is InChI=1S/C20H18BrN5S/c1-13-19(24-25-26(13)12-14-5-3-2-4-6-14)18-11-17(22-20(27)23-18)15-7-9-16(21)10-8-15/h2-11,17H,12H2,1H3,(H2,22,23,27). The van der Waals surface area contributed by atoms with Crippen LogP contribution in [0.2, 0.25) is 0 Å². The summed E-state index contributed by atoms with van der Waals surface area (Å²) in [5, 5.41) is 15.8. The number of aromatic nitrogens is 3. The molecular formula is C20H18BrN5S. The summed E-state index contributed by atoms with van der Waals surface area (Å²) in [6, 6.07) is 18.4. The van der Waals surface area contributed by atoms with Gasteiger partial charge in [0.15, 0.2) is 5.11 Å². The van der Waals surface area contributed by atoms with Gasteiger partial charge in [0, 0.05) is 4.47 Å². The van der Waals surface area contributed by atoms with Gasteiger partial charge in [-0.05, 0) is 48.5 Å². The van der Waals surface area contributed by atoms with Crippen molar-refractivity contribution in [1.29, 1.82) is 0 Å². The molecule has 0 saturated carbocycles. The van der Waals surface area contributed by atoms with Crippen LogP contribution in [0.1, 0.15) is 28.6 Å². The minimum atomic E-state index is -0.0134. The van der Waals surface area contributed by atoms with E-state index in [0.717, 1.165) is 27.1 Å². The average molecular weight is 440 g/mol. The van der Waals surface area contributed by atoms with E-state index in [9.17, 15) is 0 Å². The lowest BCUT2D eigenvalue weighted by Gasteiger charge is -2.25. The van der Waals surface area contributed by atoms with Crippen LogP contribution in [0, 0.1) is 6.92 Å². The van der Waals surface area contributed by atoms with Crippen LogP contribution in [0.5, 0.6) is 0 Å². The highest BCUT2D eigenvalue weighted by atomic mass is 79.9. The summed E-state index contributed by atoms with van der Waals surface area (Å²) in [6.45, 7) is 2.71. The number of benzene rings is 2. The van der Waals surface area contributed by atoms with Crippen LogP contribution < -0.4 is 10.6 Å². The maximum absolute atomic E-state index is 5.41. The fourth-order valence-electron chi connectivity index (χ4n) is 3.05. The maximum Gasteiger partial charge on any atom is 0.171 e. The highest BCUT2D eigenvalue weighted by Gasteiger charge is 2.22. The largest absolute Gasteiger partial charge is 0.352 e. The van der Waals surface area contributed by atoms with Gasteiger partial charge in [-0.25, -0.2) is 4.68 Å². The molecule has 0 spiro atoms. The SMILES string of the molecule is Cc1c(C2=CC(c3ccc(Br)cc3)NC(=S)N2)nnn1Cc1ccccc1. The van der Waals surface area contributed by atoms with Crippen molar-refractivity contribution < 1.29 is 0 Å². The molecule has 3 aromatic rings. The second-order valence-electron chi connectivity index (χ2n) is 6.37. The lowest BCUT2D eigenvalue weighted by atomic mass is 10.0. The Labute approximate surface area is 171 Å². The molecule has 1 aliphatic rings. The molecular weight excluding hydrogens is 422 g/mol. The second-order valence-corrected chi connectivity index (χ2v) is 7.70. The number of nitrogens with zero attached hydrogens (tertiary/aromatic N) is 3. The summed E-state index contributed by atoms with van der Waals surface area (Å²) in [5.74, 6) is 0. The summed E-state index contributed by atoms with van der Waals surface area (Å²) in [7, 11) is 0. The zero-order chi connectivity index (χ0) is 18.8. The monoisotopic (exact) mass is 439 g/mol. The predicted octanol–water partition coefficient (Wildman–Crippen LogP) is 3.96. The summed E-state index contributed by atoms with van der Waals surface area (Å²) in [6.07, 6.45) is 2.10. The normalized spacial score (nSPS) is 16.4. The van der Waals surface area contributed by atoms with Crippen LogP contribution in [0.25, 0.3) is 5.70 Å². The van der Waals surface area contributed by atoms with Gasteiger partial charge in [-0.1, -0.05) is 63.6 Å². The van der Waals surface area contributed by atoms with E-state index < -0.39 is 0 Å². The predicted molar refractivity (Wildman–Crippen MR) is 114 cm³/mol. The number of nitrogens with one attached hydrogen (secondary N) is 2. The van der Waals surface area contributed by atoms with Gasteiger partial charge in [0.2, 0.25) is 0 Å². The van der Waals surface area contributed by atoms with Crippen molar-refractivity contribution in [3.8, 4) is 0 Å². The van der Waals surface area contributed by atoms with E-state index in [1.54, 1.807) is 0 Å². The summed E-state index contributed by atoms with van der Waals surface area (Å²) in [5.41, 5.74) is 5.01. The van der Waals surface area contributed by atoms with E-state index in [4.69, 9.17) is 12.2 Å². The third-order valence-electron chi connectivity index (χ3n) is 4.51. The van der Waals surface area contributed by atoms with Gasteiger partial charge >= 0.3 is 0 Å². The summed E-state index contributed by atoms with van der Waals surface area (Å²) in [4.78, 5) is 0. The first-order valence-electron chi connectivity index (χ1n) is 8.59. The van der Waals surface area contributed by atoms with E-state index in [1.165, 1.54) is 5.56 Å². The van der Waals surface area contributed by atoms with Gasteiger partial charge in [0.25, 0.3) is 0 Å². The number of rotatable bonds is 4. The van der Waals surface area contributed by atoms with Crippen molar-refractivity contribution in [1.82, 2.24) is 25.6 Å². The maximum atomic E-state index is 5.41. The van der Waals surface area contributed by atoms with Crippen molar-refractivity contribution in [2.75, 3.05) is 0 Å². The molecule has 1 atom stereocenters. The lowest BCUT2D eigenvalue weighted by Crippen LogP contribution is -2.40. The Kier molecular flexibility index (Phi) is 5.05. The van der Waals surface area contributed by atoms with Gasteiger partial charge < -0.3 is 10.6 Å². The highest BCUT2D eigenvalue weighted by Crippen LogP contribution is 2.25. The fourth-order valence-corrected chi connectivity index (χ4v) is 3.55. The third-order valence-corrected chi connectivity index (χ3v) is 5.26. The van der Waals surface area contributed by atoms with Gasteiger partial charge in [-0.3, -0.25) is 0 Å². The molecule has 0 amide bonds. The second kappa shape index (κ2) is 7.62. The molecule has 2 N–H and O–H groups in total. The molecule has 1 unspecified atom stereocenters. The van der Waals surface area contributed by atoms with Crippen LogP contribution >= 0.6 is 28.1 Å². The van der Waals surface area contributed by atoms with Crippen molar-refractivity contribution in [3.63, 3.8) is 0 Å². The molecule has 2 aromatic carbocycles.